The molecule has 3 aromatic rings. The molecule has 0 radical (unpaired) electrons. The van der Waals surface area contributed by atoms with Crippen LogP contribution in [0.2, 0.25) is 0 Å². The average Bonchev–Trinajstić information content (AvgIpc) is 3.86. The highest BCUT2D eigenvalue weighted by Gasteiger charge is 2.77. The van der Waals surface area contributed by atoms with Crippen LogP contribution in [0.15, 0.2) is 36.5 Å². The highest BCUT2D eigenvalue weighted by molar-refractivity contribution is 5.88. The Morgan fingerprint density at radius 1 is 0.878 bits per heavy atom. The molecule has 1 amide bonds. The normalized spacial score (nSPS) is 34.9. The predicted octanol–water partition coefficient (Wildman–Crippen LogP) is 6.29. The van der Waals surface area contributed by atoms with Crippen LogP contribution in [0, 0.1) is 29.1 Å². The van der Waals surface area contributed by atoms with Crippen LogP contribution in [-0.2, 0) is 19.2 Å². The molecule has 1 N–H and O–H groups in total. The Kier molecular flexibility index (Phi) is 7.09. The molecule has 2 heterocycles. The zero-order valence-electron chi connectivity index (χ0n) is 28.2. The van der Waals surface area contributed by atoms with Crippen LogP contribution in [-0.4, -0.2) is 67.2 Å². The van der Waals surface area contributed by atoms with Gasteiger partial charge in [-0.15, -0.1) is 5.10 Å². The zero-order valence-corrected chi connectivity index (χ0v) is 28.2. The molecule has 6 unspecified atom stereocenters. The number of hydrogen-bond donors (Lipinski definition) is 1. The Bertz CT molecular complexity index is 1750. The van der Waals surface area contributed by atoms with E-state index in [2.05, 4.69) is 15.6 Å². The van der Waals surface area contributed by atoms with Gasteiger partial charge in [-0.1, -0.05) is 5.21 Å². The average molecular weight is 675 g/mol. The number of fused-ring (bicyclic) bond motifs is 4. The molecule has 13 nitrogen and oxygen atoms in total. The van der Waals surface area contributed by atoms with Crippen LogP contribution in [0.1, 0.15) is 57.8 Å². The Hall–Kier alpha value is -4.07. The number of anilines is 1. The molecule has 2 aromatic carbocycles. The molecule has 3 bridgehead atoms. The van der Waals surface area contributed by atoms with Crippen LogP contribution in [0.5, 0.6) is 23.0 Å². The Balaban J connectivity index is 0.911. The summed E-state index contributed by atoms with van der Waals surface area (Å²) in [5, 5.41) is 11.4. The van der Waals surface area contributed by atoms with Gasteiger partial charge in [-0.05, 0) is 80.4 Å². The van der Waals surface area contributed by atoms with Crippen molar-refractivity contribution in [2.24, 2.45) is 29.1 Å². The minimum Gasteiger partial charge on any atom is -0.495 e. The number of nitrogens with zero attached hydrogens (tertiary/aromatic N) is 3. The van der Waals surface area contributed by atoms with Gasteiger partial charge >= 0.3 is 6.09 Å². The summed E-state index contributed by atoms with van der Waals surface area (Å²) in [6, 6.07) is 9.01. The van der Waals surface area contributed by atoms with Crippen molar-refractivity contribution < 1.29 is 43.0 Å². The minimum absolute atomic E-state index is 0.382. The fourth-order valence-corrected chi connectivity index (χ4v) is 10.4. The quantitative estimate of drug-likeness (QED) is 0.270. The van der Waals surface area contributed by atoms with Gasteiger partial charge in [0.2, 0.25) is 17.3 Å². The summed E-state index contributed by atoms with van der Waals surface area (Å²) in [6.07, 6.45) is 9.44. The van der Waals surface area contributed by atoms with Crippen LogP contribution in [0.4, 0.5) is 10.5 Å². The molecular weight excluding hydrogens is 632 g/mol. The number of hydrogen-bond acceptors (Lipinski definition) is 11. The molecular formula is C36H42N4O9. The molecule has 5 saturated carbocycles. The summed E-state index contributed by atoms with van der Waals surface area (Å²) in [6.45, 7) is 0. The number of aromatic nitrogens is 3. The smallest absolute Gasteiger partial charge is 0.412 e. The van der Waals surface area contributed by atoms with E-state index in [-0.39, 0.29) is 0 Å². The van der Waals surface area contributed by atoms with Gasteiger partial charge in [0.1, 0.15) is 11.9 Å². The lowest BCUT2D eigenvalue weighted by Crippen LogP contribution is -2.50. The Labute approximate surface area is 284 Å². The van der Waals surface area contributed by atoms with Gasteiger partial charge in [0, 0.05) is 42.4 Å². The van der Waals surface area contributed by atoms with Gasteiger partial charge in [0.15, 0.2) is 11.5 Å². The number of ether oxygens (including phenoxy) is 6. The zero-order chi connectivity index (χ0) is 33.5. The van der Waals surface area contributed by atoms with E-state index in [1.807, 2.05) is 6.07 Å². The maximum Gasteiger partial charge on any atom is 0.412 e. The first-order chi connectivity index (χ1) is 23.8. The van der Waals surface area contributed by atoms with Crippen molar-refractivity contribution in [3.63, 3.8) is 0 Å². The lowest BCUT2D eigenvalue weighted by atomic mass is 9.56. The van der Waals surface area contributed by atoms with E-state index < -0.39 is 23.8 Å². The first-order valence-electron chi connectivity index (χ1n) is 17.3. The number of nitrogens with one attached hydrogen (secondary N) is 1. The fourth-order valence-electron chi connectivity index (χ4n) is 10.4. The van der Waals surface area contributed by atoms with E-state index in [0.717, 1.165) is 30.2 Å². The van der Waals surface area contributed by atoms with E-state index in [1.165, 1.54) is 32.1 Å². The highest BCUT2D eigenvalue weighted by atomic mass is 17.3. The first kappa shape index (κ1) is 30.9. The third-order valence-electron chi connectivity index (χ3n) is 12.5. The summed E-state index contributed by atoms with van der Waals surface area (Å²) in [5.74, 6) is 2.76. The number of carbonyl (C=O) groups is 1. The maximum absolute atomic E-state index is 13.4. The Morgan fingerprint density at radius 3 is 2.29 bits per heavy atom. The molecule has 6 fully saturated rings. The van der Waals surface area contributed by atoms with Crippen LogP contribution >= 0.6 is 0 Å². The number of rotatable bonds is 8. The molecule has 6 atom stereocenters. The van der Waals surface area contributed by atoms with Crippen molar-refractivity contribution >= 4 is 11.8 Å². The van der Waals surface area contributed by atoms with Crippen molar-refractivity contribution in [3.05, 3.63) is 36.5 Å². The van der Waals surface area contributed by atoms with Gasteiger partial charge in [0.25, 0.3) is 0 Å². The maximum atomic E-state index is 13.4. The van der Waals surface area contributed by atoms with Crippen molar-refractivity contribution in [2.45, 2.75) is 75.5 Å². The molecule has 1 saturated heterocycles. The van der Waals surface area contributed by atoms with Crippen molar-refractivity contribution in [2.75, 3.05) is 33.8 Å². The van der Waals surface area contributed by atoms with Crippen molar-refractivity contribution in [1.29, 1.82) is 0 Å². The van der Waals surface area contributed by atoms with E-state index in [9.17, 15) is 4.79 Å². The van der Waals surface area contributed by atoms with Gasteiger partial charge in [-0.3, -0.25) is 5.32 Å². The molecule has 1 aromatic heterocycles. The standard InChI is InChI=1S/C36H42N4O9/c1-42-29-8-7-20(28-19-37-39-40(28)25-14-30(43-2)32(45-4)31(15-25)44-3)10-27(29)38-33(41)46-26-6-5-9-35(18-26)47-36(49-48-35)23-12-21-11-22-13-24(36)17-34(21,22)16-23/h7-8,10,14-15,19,21-24,26H,5-6,9,11-13,16-18H2,1-4H3,(H,38,41). The lowest BCUT2D eigenvalue weighted by Gasteiger charge is -2.49. The lowest BCUT2D eigenvalue weighted by molar-refractivity contribution is -0.376. The summed E-state index contributed by atoms with van der Waals surface area (Å²) < 4.78 is 36.8. The third kappa shape index (κ3) is 4.58. The highest BCUT2D eigenvalue weighted by Crippen LogP contribution is 2.79. The predicted molar refractivity (Wildman–Crippen MR) is 174 cm³/mol. The molecule has 49 heavy (non-hydrogen) atoms. The Morgan fingerprint density at radius 2 is 1.59 bits per heavy atom. The second kappa shape index (κ2) is 11.2. The van der Waals surface area contributed by atoms with Gasteiger partial charge in [-0.25, -0.2) is 9.48 Å². The third-order valence-corrected chi connectivity index (χ3v) is 12.5. The number of benzene rings is 2. The summed E-state index contributed by atoms with van der Waals surface area (Å²) in [7, 11) is 6.21. The second-order valence-electron chi connectivity index (χ2n) is 14.6. The molecule has 260 valence electrons. The van der Waals surface area contributed by atoms with Gasteiger partial charge < -0.3 is 28.4 Å². The summed E-state index contributed by atoms with van der Waals surface area (Å²) in [4.78, 5) is 25.8. The number of carbonyl (C=O) groups excluding carboxylic acids is 1. The van der Waals surface area contributed by atoms with Crippen molar-refractivity contribution in [1.82, 2.24) is 15.0 Å². The van der Waals surface area contributed by atoms with Crippen molar-refractivity contribution in [3.8, 4) is 39.9 Å². The SMILES string of the molecule is COc1ccc(-c2cnnn2-c2cc(OC)c(OC)c(OC)c2)cc1NC(=O)OC1CCCC2(C1)OOC1(O2)C2CC3CC4CC1CC34C2. The summed E-state index contributed by atoms with van der Waals surface area (Å²) >= 11 is 0. The number of amides is 1. The largest absolute Gasteiger partial charge is 0.495 e. The summed E-state index contributed by atoms with van der Waals surface area (Å²) in [5.41, 5.74) is 3.02. The van der Waals surface area contributed by atoms with Crippen LogP contribution in [0.3, 0.4) is 0 Å². The van der Waals surface area contributed by atoms with E-state index >= 15 is 0 Å². The molecule has 13 heteroatoms. The minimum atomic E-state index is -0.894. The second-order valence-corrected chi connectivity index (χ2v) is 14.6. The van der Waals surface area contributed by atoms with Crippen LogP contribution < -0.4 is 24.3 Å². The van der Waals surface area contributed by atoms with Gasteiger partial charge in [-0.2, -0.15) is 9.78 Å². The number of methoxy groups -OCH3 is 4. The van der Waals surface area contributed by atoms with E-state index in [4.69, 9.17) is 38.2 Å². The topological polar surface area (TPSA) is 134 Å². The van der Waals surface area contributed by atoms with Crippen LogP contribution in [0.25, 0.3) is 16.9 Å². The van der Waals surface area contributed by atoms with Gasteiger partial charge in [0.05, 0.1) is 51.7 Å². The van der Waals surface area contributed by atoms with E-state index in [0.29, 0.717) is 70.2 Å². The molecule has 1 aliphatic heterocycles. The molecule has 3 spiro atoms. The fraction of sp³-hybridized carbons (Fsp3) is 0.583. The molecule has 5 aliphatic carbocycles. The monoisotopic (exact) mass is 674 g/mol. The van der Waals surface area contributed by atoms with E-state index in [1.54, 1.807) is 63.6 Å². The molecule has 6 aliphatic rings. The first-order valence-corrected chi connectivity index (χ1v) is 17.3. The molecule has 9 rings (SSSR count).